The Balaban J connectivity index is 2.39. The third kappa shape index (κ3) is 5.59. The summed E-state index contributed by atoms with van der Waals surface area (Å²) in [6.45, 7) is 1.09. The molecule has 0 amide bonds. The van der Waals surface area contributed by atoms with Crippen molar-refractivity contribution in [2.45, 2.75) is 12.5 Å². The van der Waals surface area contributed by atoms with Crippen LogP contribution in [0.25, 0.3) is 0 Å². The second kappa shape index (κ2) is 7.76. The van der Waals surface area contributed by atoms with Gasteiger partial charge in [0.1, 0.15) is 5.82 Å². The van der Waals surface area contributed by atoms with Crippen molar-refractivity contribution in [3.8, 4) is 0 Å². The summed E-state index contributed by atoms with van der Waals surface area (Å²) in [5.41, 5.74) is 0.474. The van der Waals surface area contributed by atoms with Gasteiger partial charge < -0.3 is 14.6 Å². The van der Waals surface area contributed by atoms with E-state index in [4.69, 9.17) is 9.47 Å². The van der Waals surface area contributed by atoms with E-state index in [0.717, 1.165) is 4.47 Å². The second-order valence-electron chi connectivity index (χ2n) is 3.66. The summed E-state index contributed by atoms with van der Waals surface area (Å²) in [5, 5.41) is 9.67. The zero-order valence-corrected chi connectivity index (χ0v) is 11.2. The molecule has 0 spiro atoms. The van der Waals surface area contributed by atoms with Crippen molar-refractivity contribution in [3.63, 3.8) is 0 Å². The number of methoxy groups -OCH3 is 1. The number of aliphatic hydroxyl groups is 1. The van der Waals surface area contributed by atoms with Gasteiger partial charge in [0.25, 0.3) is 0 Å². The fourth-order valence-corrected chi connectivity index (χ4v) is 1.78. The van der Waals surface area contributed by atoms with Gasteiger partial charge >= 0.3 is 0 Å². The largest absolute Gasteiger partial charge is 0.390 e. The van der Waals surface area contributed by atoms with Gasteiger partial charge in [-0.05, 0) is 23.8 Å². The van der Waals surface area contributed by atoms with Crippen LogP contribution in [0.2, 0.25) is 0 Å². The Hall–Kier alpha value is -0.490. The topological polar surface area (TPSA) is 38.7 Å². The Morgan fingerprint density at radius 1 is 1.41 bits per heavy atom. The molecule has 1 aromatic rings. The monoisotopic (exact) mass is 306 g/mol. The molecule has 96 valence electrons. The predicted molar refractivity (Wildman–Crippen MR) is 66.5 cm³/mol. The van der Waals surface area contributed by atoms with Crippen molar-refractivity contribution < 1.29 is 19.0 Å². The summed E-state index contributed by atoms with van der Waals surface area (Å²) in [6.07, 6.45) is -0.478. The summed E-state index contributed by atoms with van der Waals surface area (Å²) in [5.74, 6) is -0.316. The van der Waals surface area contributed by atoms with Crippen molar-refractivity contribution in [3.05, 3.63) is 34.1 Å². The van der Waals surface area contributed by atoms with Crippen LogP contribution in [0.5, 0.6) is 0 Å². The molecule has 1 aromatic carbocycles. The molecule has 0 radical (unpaired) electrons. The van der Waals surface area contributed by atoms with Crippen molar-refractivity contribution in [2.75, 3.05) is 26.9 Å². The first-order valence-corrected chi connectivity index (χ1v) is 6.11. The van der Waals surface area contributed by atoms with Crippen molar-refractivity contribution in [1.29, 1.82) is 0 Å². The van der Waals surface area contributed by atoms with E-state index in [2.05, 4.69) is 15.9 Å². The molecule has 3 nitrogen and oxygen atoms in total. The van der Waals surface area contributed by atoms with Gasteiger partial charge in [-0.15, -0.1) is 0 Å². The summed E-state index contributed by atoms with van der Waals surface area (Å²) < 4.78 is 24.1. The molecule has 1 N–H and O–H groups in total. The quantitative estimate of drug-likeness (QED) is 0.785. The normalized spacial score (nSPS) is 12.7. The molecule has 1 rings (SSSR count). The highest BCUT2D eigenvalue weighted by Gasteiger charge is 2.10. The van der Waals surface area contributed by atoms with E-state index in [-0.39, 0.29) is 18.8 Å². The zero-order chi connectivity index (χ0) is 12.7. The Kier molecular flexibility index (Phi) is 6.65. The van der Waals surface area contributed by atoms with E-state index < -0.39 is 6.10 Å². The lowest BCUT2D eigenvalue weighted by Crippen LogP contribution is -2.20. The molecule has 0 fully saturated rings. The van der Waals surface area contributed by atoms with Crippen LogP contribution < -0.4 is 0 Å². The zero-order valence-electron chi connectivity index (χ0n) is 9.66. The van der Waals surface area contributed by atoms with E-state index >= 15 is 0 Å². The summed E-state index contributed by atoms with van der Waals surface area (Å²) >= 11 is 3.26. The first-order valence-electron chi connectivity index (χ1n) is 5.32. The Bertz CT molecular complexity index is 347. The molecule has 5 heteroatoms. The van der Waals surface area contributed by atoms with Crippen molar-refractivity contribution in [1.82, 2.24) is 0 Å². The highest BCUT2D eigenvalue weighted by molar-refractivity contribution is 9.10. The minimum atomic E-state index is -0.712. The highest BCUT2D eigenvalue weighted by atomic mass is 79.9. The number of ether oxygens (including phenoxy) is 2. The molecule has 0 aliphatic carbocycles. The molecule has 0 saturated heterocycles. The van der Waals surface area contributed by atoms with Gasteiger partial charge in [0.05, 0.1) is 25.9 Å². The predicted octanol–water partition coefficient (Wildman–Crippen LogP) is 2.15. The van der Waals surface area contributed by atoms with Crippen LogP contribution in [-0.4, -0.2) is 38.1 Å². The Labute approximate surface area is 109 Å². The number of halogens is 2. The van der Waals surface area contributed by atoms with Crippen molar-refractivity contribution >= 4 is 15.9 Å². The van der Waals surface area contributed by atoms with Crippen molar-refractivity contribution in [2.24, 2.45) is 0 Å². The molecule has 0 aliphatic heterocycles. The smallest absolute Gasteiger partial charge is 0.126 e. The van der Waals surface area contributed by atoms with Crippen LogP contribution in [0.15, 0.2) is 22.7 Å². The van der Waals surface area contributed by atoms with Gasteiger partial charge in [-0.2, -0.15) is 0 Å². The maximum absolute atomic E-state index is 13.4. The lowest BCUT2D eigenvalue weighted by atomic mass is 10.1. The molecule has 17 heavy (non-hydrogen) atoms. The summed E-state index contributed by atoms with van der Waals surface area (Å²) in [7, 11) is 1.58. The van der Waals surface area contributed by atoms with E-state index in [1.807, 2.05) is 0 Å². The van der Waals surface area contributed by atoms with Crippen LogP contribution in [0, 0.1) is 5.82 Å². The Morgan fingerprint density at radius 3 is 2.88 bits per heavy atom. The standard InChI is InChI=1S/C12H16BrFO3/c1-16-4-5-17-8-11(15)7-9-6-10(13)2-3-12(9)14/h2-3,6,11,15H,4-5,7-8H2,1H3. The van der Waals surface area contributed by atoms with Crippen LogP contribution in [-0.2, 0) is 15.9 Å². The molecule has 0 heterocycles. The van der Waals surface area contributed by atoms with Gasteiger partial charge in [-0.25, -0.2) is 4.39 Å². The minimum absolute atomic E-state index is 0.176. The average Bonchev–Trinajstić information content (AvgIpc) is 2.29. The average molecular weight is 307 g/mol. The second-order valence-corrected chi connectivity index (χ2v) is 4.58. The minimum Gasteiger partial charge on any atom is -0.390 e. The van der Waals surface area contributed by atoms with Gasteiger partial charge in [0.15, 0.2) is 0 Å². The maximum Gasteiger partial charge on any atom is 0.126 e. The molecule has 1 unspecified atom stereocenters. The fraction of sp³-hybridized carbons (Fsp3) is 0.500. The summed E-state index contributed by atoms with van der Waals surface area (Å²) in [4.78, 5) is 0. The molecule has 1 atom stereocenters. The third-order valence-electron chi connectivity index (χ3n) is 2.21. The molecule has 0 bridgehead atoms. The molecule has 0 aliphatic rings. The van der Waals surface area contributed by atoms with Crippen LogP contribution in [0.4, 0.5) is 4.39 Å². The van der Waals surface area contributed by atoms with E-state index in [9.17, 15) is 9.50 Å². The first kappa shape index (κ1) is 14.6. The lowest BCUT2D eigenvalue weighted by Gasteiger charge is -2.12. The first-order chi connectivity index (χ1) is 8.13. The lowest BCUT2D eigenvalue weighted by molar-refractivity contribution is 0.0134. The molecule has 0 saturated carbocycles. The van der Waals surface area contributed by atoms with Crippen LogP contribution in [0.1, 0.15) is 5.56 Å². The van der Waals surface area contributed by atoms with E-state index in [1.54, 1.807) is 19.2 Å². The molecule has 0 aromatic heterocycles. The highest BCUT2D eigenvalue weighted by Crippen LogP contribution is 2.17. The number of hydrogen-bond acceptors (Lipinski definition) is 3. The summed E-state index contributed by atoms with van der Waals surface area (Å²) in [6, 6.07) is 4.66. The number of aliphatic hydroxyl groups excluding tert-OH is 1. The van der Waals surface area contributed by atoms with Gasteiger partial charge in [0.2, 0.25) is 0 Å². The third-order valence-corrected chi connectivity index (χ3v) is 2.70. The SMILES string of the molecule is COCCOCC(O)Cc1cc(Br)ccc1F. The number of hydrogen-bond donors (Lipinski definition) is 1. The van der Waals surface area contributed by atoms with Gasteiger partial charge in [-0.1, -0.05) is 15.9 Å². The number of benzene rings is 1. The number of rotatable bonds is 7. The molecular formula is C12H16BrFO3. The van der Waals surface area contributed by atoms with Gasteiger partial charge in [-0.3, -0.25) is 0 Å². The molecular weight excluding hydrogens is 291 g/mol. The van der Waals surface area contributed by atoms with Crippen LogP contribution >= 0.6 is 15.9 Å². The fourth-order valence-electron chi connectivity index (χ4n) is 1.37. The maximum atomic E-state index is 13.4. The Morgan fingerprint density at radius 2 is 2.18 bits per heavy atom. The van der Waals surface area contributed by atoms with Gasteiger partial charge in [0, 0.05) is 18.0 Å². The van der Waals surface area contributed by atoms with E-state index in [0.29, 0.717) is 18.8 Å². The van der Waals surface area contributed by atoms with Crippen LogP contribution in [0.3, 0.4) is 0 Å². The van der Waals surface area contributed by atoms with E-state index in [1.165, 1.54) is 6.07 Å².